The SMILES string of the molecule is CS(=O)(=O)CC(=O)N1CCO[C@H]2[C@@H](Oc3cccnc3)CC[C@H]21. The number of ether oxygens (including phenoxy) is 2. The lowest BCUT2D eigenvalue weighted by atomic mass is 10.1. The average Bonchev–Trinajstić information content (AvgIpc) is 2.90. The van der Waals surface area contributed by atoms with E-state index in [0.29, 0.717) is 18.9 Å². The second-order valence-corrected chi connectivity index (χ2v) is 8.12. The van der Waals surface area contributed by atoms with Gasteiger partial charge >= 0.3 is 0 Å². The van der Waals surface area contributed by atoms with Crippen LogP contribution in [-0.4, -0.2) is 67.6 Å². The van der Waals surface area contributed by atoms with Crippen molar-refractivity contribution in [2.75, 3.05) is 25.2 Å². The molecule has 0 spiro atoms. The van der Waals surface area contributed by atoms with Crippen molar-refractivity contribution < 1.29 is 22.7 Å². The predicted octanol–water partition coefficient (Wildman–Crippen LogP) is 0.263. The van der Waals surface area contributed by atoms with Gasteiger partial charge in [-0.3, -0.25) is 9.78 Å². The van der Waals surface area contributed by atoms with Crippen molar-refractivity contribution in [1.29, 1.82) is 0 Å². The fourth-order valence-electron chi connectivity index (χ4n) is 3.25. The number of aromatic nitrogens is 1. The van der Waals surface area contributed by atoms with Crippen LogP contribution in [0, 0.1) is 0 Å². The van der Waals surface area contributed by atoms with Crippen molar-refractivity contribution in [3.8, 4) is 5.75 Å². The van der Waals surface area contributed by atoms with Gasteiger partial charge in [-0.2, -0.15) is 0 Å². The summed E-state index contributed by atoms with van der Waals surface area (Å²) in [5, 5.41) is 0. The van der Waals surface area contributed by atoms with Crippen molar-refractivity contribution in [1.82, 2.24) is 9.88 Å². The molecule has 7 nitrogen and oxygen atoms in total. The average molecular weight is 340 g/mol. The summed E-state index contributed by atoms with van der Waals surface area (Å²) in [7, 11) is -3.34. The van der Waals surface area contributed by atoms with Gasteiger partial charge in [-0.25, -0.2) is 8.42 Å². The lowest BCUT2D eigenvalue weighted by Gasteiger charge is -2.38. The quantitative estimate of drug-likeness (QED) is 0.782. The topological polar surface area (TPSA) is 85.8 Å². The first-order chi connectivity index (χ1) is 10.9. The summed E-state index contributed by atoms with van der Waals surface area (Å²) in [5.74, 6) is -0.140. The molecule has 2 aliphatic rings. The van der Waals surface area contributed by atoms with Gasteiger partial charge in [-0.1, -0.05) is 0 Å². The number of morpholine rings is 1. The minimum atomic E-state index is -3.34. The fraction of sp³-hybridized carbons (Fsp3) is 0.600. The number of carbonyl (C=O) groups is 1. The molecule has 2 heterocycles. The van der Waals surface area contributed by atoms with Crippen LogP contribution in [0.25, 0.3) is 0 Å². The predicted molar refractivity (Wildman–Crippen MR) is 82.8 cm³/mol. The Morgan fingerprint density at radius 3 is 3.00 bits per heavy atom. The Kier molecular flexibility index (Phi) is 4.54. The molecule has 1 aliphatic heterocycles. The van der Waals surface area contributed by atoms with E-state index >= 15 is 0 Å². The molecule has 8 heteroatoms. The monoisotopic (exact) mass is 340 g/mol. The third kappa shape index (κ3) is 3.81. The first-order valence-corrected chi connectivity index (χ1v) is 9.65. The standard InChI is InChI=1S/C15H20N2O5S/c1-23(19,20)10-14(18)17-7-8-21-15-12(17)4-5-13(15)22-11-3-2-6-16-9-11/h2-3,6,9,12-13,15H,4-5,7-8,10H2,1H3/t12-,13+,15-/m1/s1. The molecule has 3 atom stereocenters. The molecule has 2 fully saturated rings. The largest absolute Gasteiger partial charge is 0.486 e. The van der Waals surface area contributed by atoms with E-state index in [2.05, 4.69) is 4.98 Å². The molecule has 0 aromatic carbocycles. The van der Waals surface area contributed by atoms with E-state index in [-0.39, 0.29) is 24.2 Å². The minimum Gasteiger partial charge on any atom is -0.486 e. The maximum atomic E-state index is 12.3. The van der Waals surface area contributed by atoms with Crippen LogP contribution < -0.4 is 4.74 Å². The molecular weight excluding hydrogens is 320 g/mol. The number of nitrogens with zero attached hydrogens (tertiary/aromatic N) is 2. The minimum absolute atomic E-state index is 0.125. The summed E-state index contributed by atoms with van der Waals surface area (Å²) in [6.07, 6.45) is 5.50. The van der Waals surface area contributed by atoms with Crippen LogP contribution in [-0.2, 0) is 19.4 Å². The van der Waals surface area contributed by atoms with Crippen LogP contribution in [0.5, 0.6) is 5.75 Å². The Morgan fingerprint density at radius 1 is 1.48 bits per heavy atom. The van der Waals surface area contributed by atoms with E-state index in [1.54, 1.807) is 23.4 Å². The van der Waals surface area contributed by atoms with Crippen LogP contribution >= 0.6 is 0 Å². The maximum absolute atomic E-state index is 12.3. The van der Waals surface area contributed by atoms with Crippen molar-refractivity contribution >= 4 is 15.7 Å². The third-order valence-electron chi connectivity index (χ3n) is 4.16. The molecule has 1 aromatic heterocycles. The van der Waals surface area contributed by atoms with Gasteiger partial charge in [-0.15, -0.1) is 0 Å². The Morgan fingerprint density at radius 2 is 2.30 bits per heavy atom. The molecule has 0 bridgehead atoms. The number of hydrogen-bond acceptors (Lipinski definition) is 6. The third-order valence-corrected chi connectivity index (χ3v) is 4.93. The van der Waals surface area contributed by atoms with Gasteiger partial charge in [-0.05, 0) is 25.0 Å². The van der Waals surface area contributed by atoms with Gasteiger partial charge in [0.15, 0.2) is 9.84 Å². The molecule has 1 amide bonds. The molecular formula is C15H20N2O5S. The molecule has 126 valence electrons. The number of sulfone groups is 1. The van der Waals surface area contributed by atoms with Crippen molar-refractivity contribution in [2.45, 2.75) is 31.1 Å². The number of pyridine rings is 1. The van der Waals surface area contributed by atoms with Gasteiger partial charge in [0, 0.05) is 19.0 Å². The van der Waals surface area contributed by atoms with Crippen LogP contribution in [0.4, 0.5) is 0 Å². The van der Waals surface area contributed by atoms with Gasteiger partial charge in [0.25, 0.3) is 0 Å². The summed E-state index contributed by atoms with van der Waals surface area (Å²) in [5.41, 5.74) is 0. The van der Waals surface area contributed by atoms with Gasteiger partial charge in [0.2, 0.25) is 5.91 Å². The maximum Gasteiger partial charge on any atom is 0.238 e. The smallest absolute Gasteiger partial charge is 0.238 e. The van der Waals surface area contributed by atoms with Gasteiger partial charge < -0.3 is 14.4 Å². The fourth-order valence-corrected chi connectivity index (χ4v) is 3.86. The Bertz CT molecular complexity index is 664. The van der Waals surface area contributed by atoms with Crippen LogP contribution in [0.15, 0.2) is 24.5 Å². The summed E-state index contributed by atoms with van der Waals surface area (Å²) in [6.45, 7) is 0.818. The zero-order valence-electron chi connectivity index (χ0n) is 12.9. The summed E-state index contributed by atoms with van der Waals surface area (Å²) in [4.78, 5) is 17.9. The van der Waals surface area contributed by atoms with Crippen LogP contribution in [0.1, 0.15) is 12.8 Å². The summed E-state index contributed by atoms with van der Waals surface area (Å²) >= 11 is 0. The molecule has 0 radical (unpaired) electrons. The van der Waals surface area contributed by atoms with Crippen molar-refractivity contribution in [3.05, 3.63) is 24.5 Å². The van der Waals surface area contributed by atoms with Crippen LogP contribution in [0.3, 0.4) is 0 Å². The van der Waals surface area contributed by atoms with E-state index in [1.165, 1.54) is 0 Å². The van der Waals surface area contributed by atoms with Crippen molar-refractivity contribution in [2.24, 2.45) is 0 Å². The number of hydrogen-bond donors (Lipinski definition) is 0. The second-order valence-electron chi connectivity index (χ2n) is 5.98. The van der Waals surface area contributed by atoms with E-state index in [9.17, 15) is 13.2 Å². The van der Waals surface area contributed by atoms with Gasteiger partial charge in [0.05, 0.1) is 18.8 Å². The first kappa shape index (κ1) is 16.2. The lowest BCUT2D eigenvalue weighted by molar-refractivity contribution is -0.144. The molecule has 1 saturated heterocycles. The number of amides is 1. The highest BCUT2D eigenvalue weighted by Gasteiger charge is 2.45. The zero-order chi connectivity index (χ0) is 16.4. The second kappa shape index (κ2) is 6.45. The zero-order valence-corrected chi connectivity index (χ0v) is 13.7. The Hall–Kier alpha value is -1.67. The summed E-state index contributed by atoms with van der Waals surface area (Å²) in [6, 6.07) is 3.50. The van der Waals surface area contributed by atoms with Crippen LogP contribution in [0.2, 0.25) is 0 Å². The lowest BCUT2D eigenvalue weighted by Crippen LogP contribution is -2.55. The number of fused-ring (bicyclic) bond motifs is 1. The molecule has 1 saturated carbocycles. The first-order valence-electron chi connectivity index (χ1n) is 7.59. The van der Waals surface area contributed by atoms with E-state index < -0.39 is 15.6 Å². The molecule has 1 aromatic rings. The number of carbonyl (C=O) groups excluding carboxylic acids is 1. The highest BCUT2D eigenvalue weighted by Crippen LogP contribution is 2.33. The van der Waals surface area contributed by atoms with E-state index in [1.807, 2.05) is 6.07 Å². The molecule has 0 unspecified atom stereocenters. The van der Waals surface area contributed by atoms with E-state index in [4.69, 9.17) is 9.47 Å². The molecule has 1 aliphatic carbocycles. The van der Waals surface area contributed by atoms with E-state index in [0.717, 1.165) is 19.1 Å². The van der Waals surface area contributed by atoms with Crippen molar-refractivity contribution in [3.63, 3.8) is 0 Å². The molecule has 23 heavy (non-hydrogen) atoms. The van der Waals surface area contributed by atoms with Gasteiger partial charge in [0.1, 0.15) is 23.7 Å². The normalized spacial score (nSPS) is 27.5. The Labute approximate surface area is 135 Å². The molecule has 3 rings (SSSR count). The number of rotatable bonds is 4. The summed E-state index contributed by atoms with van der Waals surface area (Å²) < 4.78 is 34.5. The molecule has 0 N–H and O–H groups in total. The highest BCUT2D eigenvalue weighted by molar-refractivity contribution is 7.91. The highest BCUT2D eigenvalue weighted by atomic mass is 32.2. The Balaban J connectivity index is 1.69.